The van der Waals surface area contributed by atoms with Crippen molar-refractivity contribution in [3.05, 3.63) is 95.2 Å². The number of nitrogens with zero attached hydrogens (tertiary/aromatic N) is 3. The van der Waals surface area contributed by atoms with Gasteiger partial charge >= 0.3 is 0 Å². The lowest BCUT2D eigenvalue weighted by molar-refractivity contribution is 0.104. The van der Waals surface area contributed by atoms with E-state index in [4.69, 9.17) is 0 Å². The fraction of sp³-hybridized carbons (Fsp3) is 0. The number of carbonyl (C=O) groups is 1. The number of ketones is 1. The van der Waals surface area contributed by atoms with Crippen molar-refractivity contribution < 1.29 is 13.2 Å². The summed E-state index contributed by atoms with van der Waals surface area (Å²) < 4.78 is 30.3. The summed E-state index contributed by atoms with van der Waals surface area (Å²) in [5, 5.41) is 8.64. The van der Waals surface area contributed by atoms with Crippen LogP contribution in [0.2, 0.25) is 0 Å². The highest BCUT2D eigenvalue weighted by Crippen LogP contribution is 2.32. The van der Waals surface area contributed by atoms with E-state index in [1.807, 2.05) is 24.3 Å². The van der Waals surface area contributed by atoms with Crippen LogP contribution < -0.4 is 0 Å². The predicted octanol–water partition coefficient (Wildman–Crippen LogP) is 4.01. The van der Waals surface area contributed by atoms with Gasteiger partial charge in [0, 0.05) is 11.1 Å². The van der Waals surface area contributed by atoms with Gasteiger partial charge in [-0.3, -0.25) is 9.89 Å². The van der Waals surface area contributed by atoms with Gasteiger partial charge < -0.3 is 0 Å². The second kappa shape index (κ2) is 7.60. The minimum absolute atomic E-state index is 0.0876. The van der Waals surface area contributed by atoms with Crippen LogP contribution in [0.1, 0.15) is 15.9 Å². The minimum atomic E-state index is -4.01. The van der Waals surface area contributed by atoms with Gasteiger partial charge in [-0.05, 0) is 40.7 Å². The zero-order chi connectivity index (χ0) is 21.4. The maximum Gasteiger partial charge on any atom is 0.282 e. The zero-order valence-corrected chi connectivity index (χ0v) is 17.5. The molecule has 0 atom stereocenters. The SMILES string of the molecule is O=C1C(Sc2nc[nH]n2)=C/C(=N/S(=O)(=O)c2ccc3ccccc3c2)c2ccccc21. The van der Waals surface area contributed by atoms with E-state index in [9.17, 15) is 13.2 Å². The molecule has 0 saturated carbocycles. The van der Waals surface area contributed by atoms with Crippen LogP contribution in [0.4, 0.5) is 0 Å². The normalized spacial score (nSPS) is 15.2. The number of rotatable bonds is 4. The first-order chi connectivity index (χ1) is 15.0. The number of hydrogen-bond acceptors (Lipinski definition) is 6. The third kappa shape index (κ3) is 3.69. The molecule has 1 heterocycles. The molecule has 0 unspecified atom stereocenters. The van der Waals surface area contributed by atoms with Gasteiger partial charge in [0.1, 0.15) is 6.33 Å². The largest absolute Gasteiger partial charge is 0.288 e. The molecular weight excluding hydrogens is 432 g/mol. The third-order valence-corrected chi connectivity index (χ3v) is 6.96. The van der Waals surface area contributed by atoms with E-state index in [1.54, 1.807) is 36.4 Å². The van der Waals surface area contributed by atoms with Crippen molar-refractivity contribution in [2.75, 3.05) is 0 Å². The smallest absolute Gasteiger partial charge is 0.282 e. The van der Waals surface area contributed by atoms with Crippen LogP contribution in [-0.2, 0) is 10.0 Å². The van der Waals surface area contributed by atoms with E-state index in [-0.39, 0.29) is 16.4 Å². The number of Topliss-reactive ketones (excluding diaryl/α,β-unsaturated/α-hetero) is 1. The van der Waals surface area contributed by atoms with Gasteiger partial charge in [-0.15, -0.1) is 5.10 Å². The quantitative estimate of drug-likeness (QED) is 0.508. The maximum absolute atomic E-state index is 13.1. The lowest BCUT2D eigenvalue weighted by atomic mass is 9.94. The molecule has 152 valence electrons. The van der Waals surface area contributed by atoms with Crippen LogP contribution in [0.3, 0.4) is 0 Å². The molecule has 4 aromatic rings. The topological polar surface area (TPSA) is 105 Å². The molecule has 1 aliphatic rings. The molecule has 0 aliphatic heterocycles. The number of fused-ring (bicyclic) bond motifs is 2. The van der Waals surface area contributed by atoms with Crippen LogP contribution in [0.5, 0.6) is 0 Å². The molecule has 0 amide bonds. The number of H-pyrrole nitrogens is 1. The Morgan fingerprint density at radius 2 is 1.65 bits per heavy atom. The highest BCUT2D eigenvalue weighted by atomic mass is 32.2. The second-order valence-corrected chi connectivity index (χ2v) is 9.34. The van der Waals surface area contributed by atoms with Crippen molar-refractivity contribution in [1.29, 1.82) is 0 Å². The third-order valence-electron chi connectivity index (χ3n) is 4.77. The summed E-state index contributed by atoms with van der Waals surface area (Å²) in [4.78, 5) is 17.3. The van der Waals surface area contributed by atoms with Gasteiger partial charge in [0.15, 0.2) is 0 Å². The predicted molar refractivity (Wildman–Crippen MR) is 119 cm³/mol. The lowest BCUT2D eigenvalue weighted by Gasteiger charge is -2.16. The van der Waals surface area contributed by atoms with Crippen molar-refractivity contribution in [1.82, 2.24) is 15.2 Å². The van der Waals surface area contributed by atoms with Crippen LogP contribution >= 0.6 is 11.8 Å². The number of aromatic amines is 1. The Bertz CT molecular complexity index is 1490. The molecule has 1 N–H and O–H groups in total. The van der Waals surface area contributed by atoms with E-state index in [2.05, 4.69) is 19.6 Å². The van der Waals surface area contributed by atoms with E-state index in [1.165, 1.54) is 18.5 Å². The number of aromatic nitrogens is 3. The van der Waals surface area contributed by atoms with Crippen molar-refractivity contribution in [3.8, 4) is 0 Å². The molecule has 0 spiro atoms. The first kappa shape index (κ1) is 19.4. The molecule has 0 radical (unpaired) electrons. The summed E-state index contributed by atoms with van der Waals surface area (Å²) in [6.07, 6.45) is 2.88. The van der Waals surface area contributed by atoms with Gasteiger partial charge in [0.05, 0.1) is 15.5 Å². The van der Waals surface area contributed by atoms with Gasteiger partial charge in [-0.2, -0.15) is 12.8 Å². The van der Waals surface area contributed by atoms with Crippen molar-refractivity contribution in [3.63, 3.8) is 0 Å². The van der Waals surface area contributed by atoms with Crippen LogP contribution in [0, 0.1) is 0 Å². The summed E-state index contributed by atoms with van der Waals surface area (Å²) in [6, 6.07) is 19.2. The summed E-state index contributed by atoms with van der Waals surface area (Å²) in [5.41, 5.74) is 1.05. The Hall–Kier alpha value is -3.56. The average Bonchev–Trinajstić information content (AvgIpc) is 3.29. The summed E-state index contributed by atoms with van der Waals surface area (Å²) in [6.45, 7) is 0. The fourth-order valence-corrected chi connectivity index (χ4v) is 5.12. The molecular formula is C22H14N4O3S2. The number of nitrogens with one attached hydrogen (secondary N) is 1. The maximum atomic E-state index is 13.1. The standard InChI is InChI=1S/C22H14N4O3S2/c27-21-18-8-4-3-7-17(18)19(12-20(21)30-22-23-13-24-25-22)26-31(28,29)16-10-9-14-5-1-2-6-15(14)11-16/h1-13H,(H,23,24,25)/b26-19-. The molecule has 9 heteroatoms. The van der Waals surface area contributed by atoms with E-state index >= 15 is 0 Å². The number of allylic oxidation sites excluding steroid dienone is 2. The molecule has 1 aromatic heterocycles. The average molecular weight is 447 g/mol. The van der Waals surface area contributed by atoms with Crippen molar-refractivity contribution >= 4 is 44.1 Å². The van der Waals surface area contributed by atoms with Gasteiger partial charge in [-0.25, -0.2) is 4.98 Å². The zero-order valence-electron chi connectivity index (χ0n) is 15.9. The number of carbonyl (C=O) groups excluding carboxylic acids is 1. The van der Waals surface area contributed by atoms with E-state index < -0.39 is 10.0 Å². The monoisotopic (exact) mass is 446 g/mol. The fourth-order valence-electron chi connectivity index (χ4n) is 3.31. The molecule has 0 fully saturated rings. The van der Waals surface area contributed by atoms with Gasteiger partial charge in [-0.1, -0.05) is 54.6 Å². The second-order valence-electron chi connectivity index (χ2n) is 6.73. The number of hydrogen-bond donors (Lipinski definition) is 1. The molecule has 1 aliphatic carbocycles. The van der Waals surface area contributed by atoms with E-state index in [0.717, 1.165) is 22.5 Å². The summed E-state index contributed by atoms with van der Waals surface area (Å²) in [5.74, 6) is -0.229. The molecule has 31 heavy (non-hydrogen) atoms. The Morgan fingerprint density at radius 3 is 2.42 bits per heavy atom. The van der Waals surface area contributed by atoms with Gasteiger partial charge in [0.2, 0.25) is 10.9 Å². The Labute approximate surface area is 182 Å². The number of benzene rings is 3. The van der Waals surface area contributed by atoms with E-state index in [0.29, 0.717) is 21.2 Å². The Morgan fingerprint density at radius 1 is 0.903 bits per heavy atom. The number of thioether (sulfide) groups is 1. The van der Waals surface area contributed by atoms with Crippen molar-refractivity contribution in [2.24, 2.45) is 4.40 Å². The van der Waals surface area contributed by atoms with Crippen LogP contribution in [-0.4, -0.2) is 35.1 Å². The van der Waals surface area contributed by atoms with Gasteiger partial charge in [0.25, 0.3) is 10.0 Å². The summed E-state index contributed by atoms with van der Waals surface area (Å²) in [7, 11) is -4.01. The Kier molecular flexibility index (Phi) is 4.76. The first-order valence-electron chi connectivity index (χ1n) is 9.24. The first-order valence-corrected chi connectivity index (χ1v) is 11.5. The molecule has 0 saturated heterocycles. The Balaban J connectivity index is 1.62. The highest BCUT2D eigenvalue weighted by molar-refractivity contribution is 8.04. The van der Waals surface area contributed by atoms with Crippen molar-refractivity contribution in [2.45, 2.75) is 10.1 Å². The minimum Gasteiger partial charge on any atom is -0.288 e. The molecule has 5 rings (SSSR count). The number of sulfonamides is 1. The highest BCUT2D eigenvalue weighted by Gasteiger charge is 2.27. The lowest BCUT2D eigenvalue weighted by Crippen LogP contribution is -2.17. The van der Waals surface area contributed by atoms with Crippen LogP contribution in [0.15, 0.2) is 98.5 Å². The molecule has 3 aromatic carbocycles. The van der Waals surface area contributed by atoms with Crippen LogP contribution in [0.25, 0.3) is 10.8 Å². The molecule has 0 bridgehead atoms. The summed E-state index contributed by atoms with van der Waals surface area (Å²) >= 11 is 1.05. The molecule has 7 nitrogen and oxygen atoms in total.